The maximum atomic E-state index is 12.4. The number of carboxylic acid groups (broad SMARTS) is 1. The van der Waals surface area contributed by atoms with E-state index < -0.39 is 55.0 Å². The van der Waals surface area contributed by atoms with Gasteiger partial charge >= 0.3 is 5.97 Å². The quantitative estimate of drug-likeness (QED) is 0.0601. The second-order valence-electron chi connectivity index (χ2n) is 5.65. The van der Waals surface area contributed by atoms with E-state index in [9.17, 15) is 19.2 Å². The maximum Gasteiger partial charge on any atom is 0.322 e. The van der Waals surface area contributed by atoms with Gasteiger partial charge in [0.25, 0.3) is 0 Å². The number of carbonyl (C=O) groups excluding carboxylic acids is 3. The van der Waals surface area contributed by atoms with E-state index in [1.165, 1.54) is 0 Å². The van der Waals surface area contributed by atoms with Crippen molar-refractivity contribution in [2.24, 2.45) is 22.2 Å². The van der Waals surface area contributed by atoms with Crippen LogP contribution in [0.5, 0.6) is 0 Å². The Morgan fingerprint density at radius 1 is 1.04 bits per heavy atom. The lowest BCUT2D eigenvalue weighted by atomic mass is 10.1. The molecular weight excluding hydrogens is 394 g/mol. The number of carboxylic acids is 1. The highest BCUT2D eigenvalue weighted by molar-refractivity contribution is 7.80. The number of nitrogens with one attached hydrogen (secondary N) is 3. The van der Waals surface area contributed by atoms with Gasteiger partial charge in [-0.25, -0.2) is 0 Å². The molecule has 0 spiro atoms. The standard InChI is InChI=1S/C14H27N7O6S/c15-7(5-22)11(25)21-9(6-28)13(27)20-8(2-1-3-18-14(16)17)12(26)19-4-10(23)24/h7-9,22,28H,1-6,15H2,(H,19,26)(H,20,27)(H,21,25)(H,23,24)(H4,16,17,18). The number of aliphatic hydroxyl groups is 1. The molecule has 3 atom stereocenters. The highest BCUT2D eigenvalue weighted by Crippen LogP contribution is 2.01. The van der Waals surface area contributed by atoms with E-state index in [4.69, 9.17) is 27.4 Å². The largest absolute Gasteiger partial charge is 0.480 e. The molecule has 28 heavy (non-hydrogen) atoms. The number of nitrogens with two attached hydrogens (primary N) is 3. The van der Waals surface area contributed by atoms with Crippen molar-refractivity contribution in [2.45, 2.75) is 31.0 Å². The number of amides is 3. The van der Waals surface area contributed by atoms with Gasteiger partial charge in [-0.2, -0.15) is 12.6 Å². The highest BCUT2D eigenvalue weighted by atomic mass is 32.1. The second-order valence-corrected chi connectivity index (χ2v) is 6.02. The van der Waals surface area contributed by atoms with Crippen molar-refractivity contribution in [3.8, 4) is 0 Å². The zero-order valence-corrected chi connectivity index (χ0v) is 16.0. The van der Waals surface area contributed by atoms with Crippen LogP contribution in [0.25, 0.3) is 0 Å². The lowest BCUT2D eigenvalue weighted by Gasteiger charge is -2.22. The van der Waals surface area contributed by atoms with Crippen LogP contribution in [0, 0.1) is 0 Å². The summed E-state index contributed by atoms with van der Waals surface area (Å²) in [4.78, 5) is 50.6. The van der Waals surface area contributed by atoms with Gasteiger partial charge in [0.05, 0.1) is 6.61 Å². The lowest BCUT2D eigenvalue weighted by Crippen LogP contribution is -2.57. The Morgan fingerprint density at radius 2 is 1.64 bits per heavy atom. The van der Waals surface area contributed by atoms with Crippen molar-refractivity contribution < 1.29 is 29.4 Å². The average molecular weight is 421 g/mol. The first-order chi connectivity index (χ1) is 13.1. The molecule has 3 amide bonds. The van der Waals surface area contributed by atoms with Gasteiger partial charge in [0.15, 0.2) is 5.96 Å². The average Bonchev–Trinajstić information content (AvgIpc) is 2.64. The van der Waals surface area contributed by atoms with Gasteiger partial charge in [-0.05, 0) is 12.8 Å². The molecule has 0 saturated heterocycles. The summed E-state index contributed by atoms with van der Waals surface area (Å²) in [6, 6.07) is -3.43. The zero-order valence-electron chi connectivity index (χ0n) is 15.1. The number of hydrogen-bond acceptors (Lipinski definition) is 8. The number of aliphatic carboxylic acids is 1. The van der Waals surface area contributed by atoms with Crippen molar-refractivity contribution in [3.05, 3.63) is 0 Å². The van der Waals surface area contributed by atoms with Gasteiger partial charge in [-0.15, -0.1) is 0 Å². The molecule has 160 valence electrons. The van der Waals surface area contributed by atoms with Crippen LogP contribution in [0.4, 0.5) is 0 Å². The number of carbonyl (C=O) groups is 4. The third-order valence-corrected chi connectivity index (χ3v) is 3.71. The molecule has 0 aromatic carbocycles. The first-order valence-electron chi connectivity index (χ1n) is 8.25. The van der Waals surface area contributed by atoms with E-state index in [0.717, 1.165) is 0 Å². The first kappa shape index (κ1) is 25.4. The number of rotatable bonds is 13. The third-order valence-electron chi connectivity index (χ3n) is 3.34. The van der Waals surface area contributed by atoms with Crippen LogP contribution in [0.3, 0.4) is 0 Å². The van der Waals surface area contributed by atoms with Gasteiger partial charge < -0.3 is 43.4 Å². The number of aliphatic hydroxyl groups excluding tert-OH is 1. The summed E-state index contributed by atoms with van der Waals surface area (Å²) in [7, 11) is 0. The fourth-order valence-electron chi connectivity index (χ4n) is 1.89. The molecule has 0 aliphatic rings. The highest BCUT2D eigenvalue weighted by Gasteiger charge is 2.27. The van der Waals surface area contributed by atoms with Crippen molar-refractivity contribution >= 4 is 42.3 Å². The minimum absolute atomic E-state index is 0.104. The van der Waals surface area contributed by atoms with Crippen LogP contribution < -0.4 is 33.2 Å². The van der Waals surface area contributed by atoms with E-state index in [0.29, 0.717) is 6.42 Å². The summed E-state index contributed by atoms with van der Waals surface area (Å²) in [6.07, 6.45) is 0.425. The van der Waals surface area contributed by atoms with E-state index in [1.54, 1.807) is 0 Å². The normalized spacial score (nSPS) is 13.5. The smallest absolute Gasteiger partial charge is 0.322 e. The number of aliphatic imine (C=N–C) groups is 1. The van der Waals surface area contributed by atoms with E-state index in [-0.39, 0.29) is 24.7 Å². The minimum atomic E-state index is -1.25. The van der Waals surface area contributed by atoms with Crippen molar-refractivity contribution in [1.82, 2.24) is 16.0 Å². The Balaban J connectivity index is 5.01. The fraction of sp³-hybridized carbons (Fsp3) is 0.643. The summed E-state index contributed by atoms with van der Waals surface area (Å²) < 4.78 is 0. The van der Waals surface area contributed by atoms with E-state index in [2.05, 4.69) is 33.6 Å². The molecule has 13 nitrogen and oxygen atoms in total. The summed E-state index contributed by atoms with van der Waals surface area (Å²) in [5.74, 6) is -3.71. The maximum absolute atomic E-state index is 12.4. The summed E-state index contributed by atoms with van der Waals surface area (Å²) in [5, 5.41) is 24.4. The topological polar surface area (TPSA) is 235 Å². The monoisotopic (exact) mass is 421 g/mol. The molecular formula is C14H27N7O6S. The van der Waals surface area contributed by atoms with Gasteiger partial charge in [0.1, 0.15) is 24.7 Å². The van der Waals surface area contributed by atoms with Crippen LogP contribution in [0.2, 0.25) is 0 Å². The summed E-state index contributed by atoms with van der Waals surface area (Å²) in [6.45, 7) is -1.05. The Bertz CT molecular complexity index is 585. The molecule has 0 bridgehead atoms. The van der Waals surface area contributed by atoms with Gasteiger partial charge in [-0.3, -0.25) is 24.2 Å². The van der Waals surface area contributed by atoms with E-state index in [1.807, 2.05) is 0 Å². The van der Waals surface area contributed by atoms with Crippen LogP contribution >= 0.6 is 12.6 Å². The summed E-state index contributed by atoms with van der Waals surface area (Å²) in [5.41, 5.74) is 15.8. The zero-order chi connectivity index (χ0) is 21.7. The molecule has 0 aliphatic heterocycles. The molecule has 14 heteroatoms. The third kappa shape index (κ3) is 10.5. The van der Waals surface area contributed by atoms with Crippen LogP contribution in [-0.2, 0) is 19.2 Å². The molecule has 0 saturated carbocycles. The molecule has 0 aromatic heterocycles. The lowest BCUT2D eigenvalue weighted by molar-refractivity contribution is -0.138. The Hall–Kier alpha value is -2.58. The first-order valence-corrected chi connectivity index (χ1v) is 8.88. The number of thiol groups is 1. The molecule has 0 fully saturated rings. The second kappa shape index (κ2) is 13.6. The van der Waals surface area contributed by atoms with Crippen molar-refractivity contribution in [3.63, 3.8) is 0 Å². The molecule has 0 heterocycles. The molecule has 0 aromatic rings. The molecule has 3 unspecified atom stereocenters. The Morgan fingerprint density at radius 3 is 2.14 bits per heavy atom. The number of guanidine groups is 1. The Kier molecular flexibility index (Phi) is 12.3. The van der Waals surface area contributed by atoms with Crippen LogP contribution in [-0.4, -0.2) is 83.4 Å². The van der Waals surface area contributed by atoms with Gasteiger partial charge in [0, 0.05) is 12.3 Å². The van der Waals surface area contributed by atoms with E-state index >= 15 is 0 Å². The Labute approximate surface area is 166 Å². The number of hydrogen-bond donors (Lipinski definition) is 9. The molecule has 0 aliphatic carbocycles. The summed E-state index contributed by atoms with van der Waals surface area (Å²) >= 11 is 3.98. The minimum Gasteiger partial charge on any atom is -0.480 e. The molecule has 0 radical (unpaired) electrons. The fourth-order valence-corrected chi connectivity index (χ4v) is 2.14. The van der Waals surface area contributed by atoms with Crippen molar-refractivity contribution in [1.29, 1.82) is 0 Å². The van der Waals surface area contributed by atoms with Crippen molar-refractivity contribution in [2.75, 3.05) is 25.4 Å². The number of nitrogens with zero attached hydrogens (tertiary/aromatic N) is 1. The predicted molar refractivity (Wildman–Crippen MR) is 103 cm³/mol. The van der Waals surface area contributed by atoms with Crippen LogP contribution in [0.1, 0.15) is 12.8 Å². The molecule has 11 N–H and O–H groups in total. The van der Waals surface area contributed by atoms with Gasteiger partial charge in [-0.1, -0.05) is 0 Å². The predicted octanol–water partition coefficient (Wildman–Crippen LogP) is -4.54. The SMILES string of the molecule is NC(N)=NCCCC(NC(=O)C(CS)NC(=O)C(N)CO)C(=O)NCC(=O)O. The van der Waals surface area contributed by atoms with Crippen LogP contribution in [0.15, 0.2) is 4.99 Å². The molecule has 0 rings (SSSR count). The van der Waals surface area contributed by atoms with Gasteiger partial charge in [0.2, 0.25) is 17.7 Å².